The molecule has 0 saturated heterocycles. The van der Waals surface area contributed by atoms with Crippen molar-refractivity contribution >= 4 is 6.41 Å². The second-order valence-corrected chi connectivity index (χ2v) is 5.47. The van der Waals surface area contributed by atoms with Crippen molar-refractivity contribution in [2.45, 2.75) is 18.3 Å². The Hall–Kier alpha value is -2.33. The summed E-state index contributed by atoms with van der Waals surface area (Å²) in [6, 6.07) is 17.9. The number of hydrogen-bond acceptors (Lipinski definition) is 3. The van der Waals surface area contributed by atoms with Crippen LogP contribution < -0.4 is 10.1 Å². The third-order valence-electron chi connectivity index (χ3n) is 4.20. The van der Waals surface area contributed by atoms with Crippen LogP contribution in [0.5, 0.6) is 5.75 Å². The van der Waals surface area contributed by atoms with Gasteiger partial charge in [0.25, 0.3) is 0 Å². The Balaban J connectivity index is 2.61. The number of para-hydroxylation sites is 1. The minimum atomic E-state index is -0.447. The minimum absolute atomic E-state index is 0.102. The normalized spacial score (nSPS) is 13.1. The smallest absolute Gasteiger partial charge is 0.207 e. The summed E-state index contributed by atoms with van der Waals surface area (Å²) >= 11 is 0. The molecule has 0 aromatic heterocycles. The van der Waals surface area contributed by atoms with E-state index in [-0.39, 0.29) is 6.61 Å². The number of carbonyl (C=O) groups is 1. The molecule has 4 nitrogen and oxygen atoms in total. The molecule has 0 aliphatic carbocycles. The van der Waals surface area contributed by atoms with Gasteiger partial charge >= 0.3 is 0 Å². The van der Waals surface area contributed by atoms with Gasteiger partial charge in [0.1, 0.15) is 5.75 Å². The van der Waals surface area contributed by atoms with Gasteiger partial charge in [0.15, 0.2) is 0 Å². The number of hydrogen-bond donors (Lipinski definition) is 2. The summed E-state index contributed by atoms with van der Waals surface area (Å²) in [5, 5.41) is 12.2. The molecule has 1 atom stereocenters. The Morgan fingerprint density at radius 3 is 2.48 bits per heavy atom. The third-order valence-corrected chi connectivity index (χ3v) is 4.20. The highest BCUT2D eigenvalue weighted by Crippen LogP contribution is 2.40. The van der Waals surface area contributed by atoms with Crippen molar-refractivity contribution in [3.63, 3.8) is 0 Å². The molecule has 1 amide bonds. The van der Waals surface area contributed by atoms with Crippen molar-refractivity contribution in [1.29, 1.82) is 0 Å². The van der Waals surface area contributed by atoms with Gasteiger partial charge in [-0.15, -0.1) is 0 Å². The van der Waals surface area contributed by atoms with Crippen LogP contribution in [0.15, 0.2) is 54.6 Å². The number of benzene rings is 2. The van der Waals surface area contributed by atoms with Gasteiger partial charge in [-0.25, -0.2) is 0 Å². The summed E-state index contributed by atoms with van der Waals surface area (Å²) in [6.45, 7) is 0.547. The fourth-order valence-corrected chi connectivity index (χ4v) is 3.11. The van der Waals surface area contributed by atoms with E-state index < -0.39 is 5.41 Å². The first-order chi connectivity index (χ1) is 11.3. The molecule has 0 aliphatic rings. The van der Waals surface area contributed by atoms with Gasteiger partial charge in [-0.05, 0) is 24.5 Å². The van der Waals surface area contributed by atoms with Crippen LogP contribution in [0, 0.1) is 0 Å². The third kappa shape index (κ3) is 3.71. The second-order valence-electron chi connectivity index (χ2n) is 5.47. The molecule has 2 aromatic carbocycles. The van der Waals surface area contributed by atoms with Crippen LogP contribution in [0.4, 0.5) is 0 Å². The molecule has 0 unspecified atom stereocenters. The number of rotatable bonds is 9. The molecule has 2 aromatic rings. The first-order valence-corrected chi connectivity index (χ1v) is 7.75. The van der Waals surface area contributed by atoms with Crippen LogP contribution in [0.1, 0.15) is 24.0 Å². The van der Waals surface area contributed by atoms with Crippen LogP contribution in [-0.2, 0) is 10.2 Å². The maximum absolute atomic E-state index is 11.0. The van der Waals surface area contributed by atoms with Crippen molar-refractivity contribution in [3.8, 4) is 5.75 Å². The summed E-state index contributed by atoms with van der Waals surface area (Å²) in [5.41, 5.74) is 1.65. The van der Waals surface area contributed by atoms with E-state index in [0.717, 1.165) is 16.9 Å². The van der Waals surface area contributed by atoms with Gasteiger partial charge in [-0.2, -0.15) is 0 Å². The quantitative estimate of drug-likeness (QED) is 0.699. The largest absolute Gasteiger partial charge is 0.496 e. The molecular weight excluding hydrogens is 290 g/mol. The summed E-state index contributed by atoms with van der Waals surface area (Å²) in [6.07, 6.45) is 2.05. The predicted molar refractivity (Wildman–Crippen MR) is 90.6 cm³/mol. The van der Waals surface area contributed by atoms with E-state index in [9.17, 15) is 9.90 Å². The Morgan fingerprint density at radius 2 is 1.83 bits per heavy atom. The zero-order valence-corrected chi connectivity index (χ0v) is 13.4. The Kier molecular flexibility index (Phi) is 6.18. The Bertz CT molecular complexity index is 615. The molecule has 0 fully saturated rings. The highest BCUT2D eigenvalue weighted by Gasteiger charge is 2.36. The maximum Gasteiger partial charge on any atom is 0.207 e. The molecule has 23 heavy (non-hydrogen) atoms. The van der Waals surface area contributed by atoms with E-state index >= 15 is 0 Å². The van der Waals surface area contributed by atoms with E-state index in [1.165, 1.54) is 0 Å². The molecule has 0 saturated carbocycles. The number of aliphatic hydroxyl groups is 1. The zero-order valence-electron chi connectivity index (χ0n) is 13.4. The first kappa shape index (κ1) is 17.0. The highest BCUT2D eigenvalue weighted by atomic mass is 16.5. The van der Waals surface area contributed by atoms with E-state index in [1.807, 2.05) is 42.5 Å². The summed E-state index contributed by atoms with van der Waals surface area (Å²) < 4.78 is 5.55. The fourth-order valence-electron chi connectivity index (χ4n) is 3.11. The van der Waals surface area contributed by atoms with E-state index in [1.54, 1.807) is 7.11 Å². The lowest BCUT2D eigenvalue weighted by Gasteiger charge is -2.36. The molecule has 122 valence electrons. The lowest BCUT2D eigenvalue weighted by molar-refractivity contribution is -0.109. The number of ether oxygens (including phenoxy) is 1. The van der Waals surface area contributed by atoms with Gasteiger partial charge in [0, 0.05) is 24.1 Å². The van der Waals surface area contributed by atoms with Gasteiger partial charge in [-0.3, -0.25) is 4.79 Å². The van der Waals surface area contributed by atoms with Crippen LogP contribution in [0.25, 0.3) is 0 Å². The van der Waals surface area contributed by atoms with Crippen molar-refractivity contribution in [3.05, 3.63) is 65.7 Å². The molecule has 0 heterocycles. The van der Waals surface area contributed by atoms with E-state index in [2.05, 4.69) is 17.4 Å². The van der Waals surface area contributed by atoms with Gasteiger partial charge < -0.3 is 15.2 Å². The highest BCUT2D eigenvalue weighted by molar-refractivity contribution is 5.51. The average Bonchev–Trinajstić information content (AvgIpc) is 2.63. The summed E-state index contributed by atoms with van der Waals surface area (Å²) in [4.78, 5) is 11.0. The minimum Gasteiger partial charge on any atom is -0.496 e. The number of methoxy groups -OCH3 is 1. The summed E-state index contributed by atoms with van der Waals surface area (Å²) in [7, 11) is 1.65. The zero-order chi connectivity index (χ0) is 16.5. The van der Waals surface area contributed by atoms with E-state index in [4.69, 9.17) is 4.74 Å². The number of carbonyl (C=O) groups excluding carboxylic acids is 1. The topological polar surface area (TPSA) is 58.6 Å². The molecular formula is C19H23NO3. The predicted octanol–water partition coefficient (Wildman–Crippen LogP) is 2.50. The van der Waals surface area contributed by atoms with Crippen LogP contribution in [0.2, 0.25) is 0 Å². The monoisotopic (exact) mass is 313 g/mol. The standard InChI is InChI=1S/C19H23NO3/c1-23-18-11-6-5-10-17(18)19(12-7-13-21,14-20-15-22)16-8-3-2-4-9-16/h2-6,8-11,15,21H,7,12-14H2,1H3,(H,20,22)/t19-/m1/s1. The first-order valence-electron chi connectivity index (χ1n) is 7.75. The molecule has 0 spiro atoms. The van der Waals surface area contributed by atoms with Gasteiger partial charge in [-0.1, -0.05) is 48.5 Å². The SMILES string of the molecule is COc1ccccc1[C@](CCCO)(CNC=O)c1ccccc1. The van der Waals surface area contributed by atoms with E-state index in [0.29, 0.717) is 25.8 Å². The molecule has 0 bridgehead atoms. The van der Waals surface area contributed by atoms with Crippen molar-refractivity contribution < 1.29 is 14.6 Å². The molecule has 4 heteroatoms. The molecule has 0 aliphatic heterocycles. The lowest BCUT2D eigenvalue weighted by atomic mass is 9.70. The summed E-state index contributed by atoms with van der Waals surface area (Å²) in [5.74, 6) is 0.780. The van der Waals surface area contributed by atoms with Crippen molar-refractivity contribution in [1.82, 2.24) is 5.32 Å². The number of aliphatic hydroxyl groups excluding tert-OH is 1. The van der Waals surface area contributed by atoms with Crippen LogP contribution in [0.3, 0.4) is 0 Å². The van der Waals surface area contributed by atoms with Gasteiger partial charge in [0.2, 0.25) is 6.41 Å². The van der Waals surface area contributed by atoms with Crippen molar-refractivity contribution in [2.75, 3.05) is 20.3 Å². The molecule has 2 N–H and O–H groups in total. The number of amides is 1. The fraction of sp³-hybridized carbons (Fsp3) is 0.316. The molecule has 2 rings (SSSR count). The van der Waals surface area contributed by atoms with Gasteiger partial charge in [0.05, 0.1) is 7.11 Å². The average molecular weight is 313 g/mol. The number of nitrogens with one attached hydrogen (secondary N) is 1. The lowest BCUT2D eigenvalue weighted by Crippen LogP contribution is -2.39. The Labute approximate surface area is 137 Å². The Morgan fingerprint density at radius 1 is 1.13 bits per heavy atom. The van der Waals surface area contributed by atoms with Crippen molar-refractivity contribution in [2.24, 2.45) is 0 Å². The maximum atomic E-state index is 11.0. The molecule has 0 radical (unpaired) electrons. The van der Waals surface area contributed by atoms with Crippen LogP contribution >= 0.6 is 0 Å². The second kappa shape index (κ2) is 8.34. The van der Waals surface area contributed by atoms with Crippen LogP contribution in [-0.4, -0.2) is 31.8 Å².